The molecule has 0 fully saturated rings. The van der Waals surface area contributed by atoms with Crippen molar-refractivity contribution in [1.82, 2.24) is 15.0 Å². The fourth-order valence-corrected chi connectivity index (χ4v) is 6.43. The zero-order valence-corrected chi connectivity index (χ0v) is 25.3. The van der Waals surface area contributed by atoms with Crippen LogP contribution in [0.25, 0.3) is 89.1 Å². The summed E-state index contributed by atoms with van der Waals surface area (Å²) in [4.78, 5) is 15.3. The molecule has 47 heavy (non-hydrogen) atoms. The van der Waals surface area contributed by atoms with E-state index in [1.807, 2.05) is 54.6 Å². The maximum absolute atomic E-state index is 6.37. The van der Waals surface area contributed by atoms with Gasteiger partial charge >= 0.3 is 0 Å². The second kappa shape index (κ2) is 11.2. The molecule has 2 aromatic heterocycles. The number of benzene rings is 7. The number of fused-ring (bicyclic) bond motifs is 4. The minimum atomic E-state index is 0.608. The van der Waals surface area contributed by atoms with Crippen LogP contribution in [-0.2, 0) is 0 Å². The van der Waals surface area contributed by atoms with Crippen molar-refractivity contribution in [3.8, 4) is 56.4 Å². The lowest BCUT2D eigenvalue weighted by molar-refractivity contribution is 0.669. The molecule has 0 aliphatic heterocycles. The number of hydrogen-bond acceptors (Lipinski definition) is 4. The van der Waals surface area contributed by atoms with E-state index in [9.17, 15) is 0 Å². The van der Waals surface area contributed by atoms with Gasteiger partial charge in [-0.05, 0) is 51.7 Å². The van der Waals surface area contributed by atoms with Gasteiger partial charge in [0.25, 0.3) is 0 Å². The highest BCUT2D eigenvalue weighted by molar-refractivity contribution is 6.15. The highest BCUT2D eigenvalue weighted by Crippen LogP contribution is 2.43. The maximum Gasteiger partial charge on any atom is 0.164 e. The SMILES string of the molecule is c1ccc(-c2ccc(-c3c(-c4nc(-c5ccccc5)nc(-c5ccc6ccccc6c5)n4)ccc4oc5ccccc5c34)cc2)cc1. The van der Waals surface area contributed by atoms with Gasteiger partial charge < -0.3 is 4.42 Å². The van der Waals surface area contributed by atoms with Crippen molar-refractivity contribution >= 4 is 32.7 Å². The van der Waals surface area contributed by atoms with Crippen LogP contribution in [0.1, 0.15) is 0 Å². The summed E-state index contributed by atoms with van der Waals surface area (Å²) in [6.07, 6.45) is 0. The van der Waals surface area contributed by atoms with E-state index in [1.54, 1.807) is 0 Å². The Balaban J connectivity index is 1.31. The van der Waals surface area contributed by atoms with Crippen LogP contribution in [0.2, 0.25) is 0 Å². The Hall–Kier alpha value is -6.39. The van der Waals surface area contributed by atoms with Crippen molar-refractivity contribution in [2.45, 2.75) is 0 Å². The number of aromatic nitrogens is 3. The quantitative estimate of drug-likeness (QED) is 0.197. The Kier molecular flexibility index (Phi) is 6.43. The number of hydrogen-bond donors (Lipinski definition) is 0. The normalized spacial score (nSPS) is 11.4. The van der Waals surface area contributed by atoms with Crippen LogP contribution in [0.5, 0.6) is 0 Å². The summed E-state index contributed by atoms with van der Waals surface area (Å²) in [5, 5.41) is 4.41. The van der Waals surface area contributed by atoms with Crippen LogP contribution in [0.4, 0.5) is 0 Å². The zero-order chi connectivity index (χ0) is 31.2. The second-order valence-corrected chi connectivity index (χ2v) is 11.6. The number of rotatable bonds is 5. The first-order valence-corrected chi connectivity index (χ1v) is 15.7. The highest BCUT2D eigenvalue weighted by atomic mass is 16.3. The fraction of sp³-hybridized carbons (Fsp3) is 0. The molecule has 9 aromatic rings. The average molecular weight is 602 g/mol. The summed E-state index contributed by atoms with van der Waals surface area (Å²) in [5.41, 5.74) is 8.88. The van der Waals surface area contributed by atoms with E-state index < -0.39 is 0 Å². The molecule has 0 aliphatic carbocycles. The molecule has 0 bridgehead atoms. The van der Waals surface area contributed by atoms with E-state index in [-0.39, 0.29) is 0 Å². The van der Waals surface area contributed by atoms with Crippen LogP contribution in [0.3, 0.4) is 0 Å². The van der Waals surface area contributed by atoms with Crippen LogP contribution < -0.4 is 0 Å². The third kappa shape index (κ3) is 4.84. The third-order valence-corrected chi connectivity index (χ3v) is 8.74. The summed E-state index contributed by atoms with van der Waals surface area (Å²) < 4.78 is 6.37. The molecule has 4 heteroatoms. The first-order valence-electron chi connectivity index (χ1n) is 15.7. The second-order valence-electron chi connectivity index (χ2n) is 11.6. The van der Waals surface area contributed by atoms with Gasteiger partial charge in [-0.3, -0.25) is 0 Å². The molecule has 2 heterocycles. The first kappa shape index (κ1) is 27.0. The van der Waals surface area contributed by atoms with Crippen molar-refractivity contribution in [3.63, 3.8) is 0 Å². The molecule has 4 nitrogen and oxygen atoms in total. The predicted molar refractivity (Wildman–Crippen MR) is 192 cm³/mol. The molecule has 0 atom stereocenters. The summed E-state index contributed by atoms with van der Waals surface area (Å²) in [6.45, 7) is 0. The molecule has 0 saturated carbocycles. The highest BCUT2D eigenvalue weighted by Gasteiger charge is 2.21. The number of nitrogens with zero attached hydrogens (tertiary/aromatic N) is 3. The molecule has 9 rings (SSSR count). The largest absolute Gasteiger partial charge is 0.456 e. The molecule has 0 spiro atoms. The zero-order valence-electron chi connectivity index (χ0n) is 25.3. The van der Waals surface area contributed by atoms with Crippen LogP contribution >= 0.6 is 0 Å². The van der Waals surface area contributed by atoms with E-state index >= 15 is 0 Å². The number of para-hydroxylation sites is 1. The molecule has 0 radical (unpaired) electrons. The van der Waals surface area contributed by atoms with E-state index in [0.717, 1.165) is 60.7 Å². The maximum atomic E-state index is 6.37. The van der Waals surface area contributed by atoms with Gasteiger partial charge in [-0.15, -0.1) is 0 Å². The summed E-state index contributed by atoms with van der Waals surface area (Å²) in [7, 11) is 0. The van der Waals surface area contributed by atoms with Crippen molar-refractivity contribution in [3.05, 3.63) is 164 Å². The summed E-state index contributed by atoms with van der Waals surface area (Å²) in [5.74, 6) is 1.86. The van der Waals surface area contributed by atoms with Crippen molar-refractivity contribution < 1.29 is 4.42 Å². The summed E-state index contributed by atoms with van der Waals surface area (Å²) >= 11 is 0. The van der Waals surface area contributed by atoms with Gasteiger partial charge in [-0.25, -0.2) is 15.0 Å². The van der Waals surface area contributed by atoms with E-state index in [2.05, 4.69) is 109 Å². The van der Waals surface area contributed by atoms with Gasteiger partial charge in [0.05, 0.1) is 0 Å². The fourth-order valence-electron chi connectivity index (χ4n) is 6.43. The lowest BCUT2D eigenvalue weighted by Crippen LogP contribution is -2.01. The number of furan rings is 1. The lowest BCUT2D eigenvalue weighted by Gasteiger charge is -2.14. The van der Waals surface area contributed by atoms with E-state index in [0.29, 0.717) is 17.5 Å². The average Bonchev–Trinajstić information content (AvgIpc) is 3.54. The van der Waals surface area contributed by atoms with Gasteiger partial charge in [-0.1, -0.05) is 140 Å². The Morgan fingerprint density at radius 1 is 0.362 bits per heavy atom. The minimum absolute atomic E-state index is 0.608. The van der Waals surface area contributed by atoms with Gasteiger partial charge in [0, 0.05) is 33.0 Å². The molecule has 0 aliphatic rings. The molecule has 7 aromatic carbocycles. The Morgan fingerprint density at radius 3 is 1.72 bits per heavy atom. The van der Waals surface area contributed by atoms with Crippen LogP contribution in [-0.4, -0.2) is 15.0 Å². The van der Waals surface area contributed by atoms with Gasteiger partial charge in [0.15, 0.2) is 17.5 Å². The monoisotopic (exact) mass is 601 g/mol. The van der Waals surface area contributed by atoms with Crippen molar-refractivity contribution in [1.29, 1.82) is 0 Å². The van der Waals surface area contributed by atoms with Gasteiger partial charge in [0.2, 0.25) is 0 Å². The van der Waals surface area contributed by atoms with Crippen LogP contribution in [0.15, 0.2) is 168 Å². The Morgan fingerprint density at radius 2 is 0.936 bits per heavy atom. The standard InChI is InChI=1S/C43H27N3O/c1-3-11-28(12-4-1)30-19-22-31(23-20-30)39-36(25-26-38-40(39)35-17-9-10-18-37(35)47-38)43-45-41(32-14-5-2-6-15-32)44-42(46-43)34-24-21-29-13-7-8-16-33(29)27-34/h1-27H. The smallest absolute Gasteiger partial charge is 0.164 e. The van der Waals surface area contributed by atoms with Gasteiger partial charge in [-0.2, -0.15) is 0 Å². The van der Waals surface area contributed by atoms with Gasteiger partial charge in [0.1, 0.15) is 11.2 Å². The van der Waals surface area contributed by atoms with Crippen LogP contribution in [0, 0.1) is 0 Å². The Bertz CT molecular complexity index is 2550. The molecule has 0 N–H and O–H groups in total. The Labute approximate surface area is 271 Å². The van der Waals surface area contributed by atoms with E-state index in [4.69, 9.17) is 19.4 Å². The van der Waals surface area contributed by atoms with E-state index in [1.165, 1.54) is 10.9 Å². The minimum Gasteiger partial charge on any atom is -0.456 e. The molecule has 0 unspecified atom stereocenters. The van der Waals surface area contributed by atoms with Crippen molar-refractivity contribution in [2.24, 2.45) is 0 Å². The predicted octanol–water partition coefficient (Wildman–Crippen LogP) is 11.3. The molecule has 220 valence electrons. The molecule has 0 amide bonds. The van der Waals surface area contributed by atoms with Crippen molar-refractivity contribution in [2.75, 3.05) is 0 Å². The lowest BCUT2D eigenvalue weighted by atomic mass is 9.92. The summed E-state index contributed by atoms with van der Waals surface area (Å²) in [6, 6.07) is 56.3. The molecule has 0 saturated heterocycles. The molecular weight excluding hydrogens is 574 g/mol. The molecular formula is C43H27N3O. The first-order chi connectivity index (χ1) is 23.3. The topological polar surface area (TPSA) is 51.8 Å². The third-order valence-electron chi connectivity index (χ3n) is 8.74.